The molecule has 0 unspecified atom stereocenters. The quantitative estimate of drug-likeness (QED) is 0.333. The molecular formula is C23H27Cl2N5O2. The van der Waals surface area contributed by atoms with Gasteiger partial charge < -0.3 is 21.1 Å². The number of allylic oxidation sites excluding steroid dienone is 1. The van der Waals surface area contributed by atoms with Crippen LogP contribution in [0.3, 0.4) is 0 Å². The molecule has 0 saturated heterocycles. The van der Waals surface area contributed by atoms with Gasteiger partial charge in [-0.1, -0.05) is 36.2 Å². The average Bonchev–Trinajstić information content (AvgIpc) is 2.80. The number of nitrogens with one attached hydrogen (secondary N) is 2. The fourth-order valence-electron chi connectivity index (χ4n) is 2.61. The van der Waals surface area contributed by atoms with Gasteiger partial charge in [0, 0.05) is 12.7 Å². The lowest BCUT2D eigenvalue weighted by Crippen LogP contribution is -2.37. The van der Waals surface area contributed by atoms with E-state index < -0.39 is 0 Å². The highest BCUT2D eigenvalue weighted by Gasteiger charge is 2.15. The van der Waals surface area contributed by atoms with Gasteiger partial charge in [0.2, 0.25) is 0 Å². The first kappa shape index (κ1) is 25.2. The zero-order valence-corrected chi connectivity index (χ0v) is 19.6. The van der Waals surface area contributed by atoms with Gasteiger partial charge >= 0.3 is 0 Å². The van der Waals surface area contributed by atoms with Crippen LogP contribution in [0.2, 0.25) is 10.0 Å². The van der Waals surface area contributed by atoms with Crippen LogP contribution in [0.15, 0.2) is 71.4 Å². The first-order valence-electron chi connectivity index (χ1n) is 10.1. The predicted molar refractivity (Wildman–Crippen MR) is 130 cm³/mol. The van der Waals surface area contributed by atoms with Gasteiger partial charge in [-0.3, -0.25) is 14.8 Å². The summed E-state index contributed by atoms with van der Waals surface area (Å²) in [6.45, 7) is 4.75. The summed E-state index contributed by atoms with van der Waals surface area (Å²) in [4.78, 5) is 21.3. The average molecular weight is 476 g/mol. The fourth-order valence-corrected chi connectivity index (χ4v) is 2.93. The Morgan fingerprint density at radius 1 is 1.28 bits per heavy atom. The molecule has 0 spiro atoms. The molecule has 170 valence electrons. The van der Waals surface area contributed by atoms with Crippen LogP contribution in [0, 0.1) is 0 Å². The topological polar surface area (TPSA) is 102 Å². The zero-order chi connectivity index (χ0) is 23.3. The molecule has 2 aromatic rings. The van der Waals surface area contributed by atoms with Gasteiger partial charge in [-0.25, -0.2) is 0 Å². The minimum Gasteiger partial charge on any atom is -0.490 e. The Labute approximate surface area is 198 Å². The van der Waals surface area contributed by atoms with Crippen molar-refractivity contribution < 1.29 is 9.53 Å². The number of nitrogens with zero attached hydrogens (tertiary/aromatic N) is 2. The van der Waals surface area contributed by atoms with Crippen molar-refractivity contribution in [1.82, 2.24) is 15.6 Å². The predicted octanol–water partition coefficient (Wildman–Crippen LogP) is 4.23. The van der Waals surface area contributed by atoms with Crippen molar-refractivity contribution in [3.63, 3.8) is 0 Å². The third-order valence-corrected chi connectivity index (χ3v) is 4.97. The van der Waals surface area contributed by atoms with Gasteiger partial charge in [0.15, 0.2) is 0 Å². The summed E-state index contributed by atoms with van der Waals surface area (Å²) in [7, 11) is 0. The summed E-state index contributed by atoms with van der Waals surface area (Å²) in [5.41, 5.74) is 7.36. The van der Waals surface area contributed by atoms with Crippen molar-refractivity contribution in [2.45, 2.75) is 26.8 Å². The molecule has 0 aliphatic rings. The number of hydrogen-bond acceptors (Lipinski definition) is 6. The van der Waals surface area contributed by atoms with E-state index in [2.05, 4.69) is 20.6 Å². The number of halogens is 2. The van der Waals surface area contributed by atoms with Gasteiger partial charge in [-0.2, -0.15) is 0 Å². The molecule has 0 atom stereocenters. The molecule has 2 rings (SSSR count). The number of hydrogen-bond donors (Lipinski definition) is 3. The molecular weight excluding hydrogens is 449 g/mol. The smallest absolute Gasteiger partial charge is 0.275 e. The van der Waals surface area contributed by atoms with Crippen molar-refractivity contribution in [3.05, 3.63) is 82.0 Å². The van der Waals surface area contributed by atoms with Crippen LogP contribution in [0.25, 0.3) is 0 Å². The van der Waals surface area contributed by atoms with Crippen molar-refractivity contribution in [3.8, 4) is 5.75 Å². The Hall–Kier alpha value is -3.03. The number of benzene rings is 1. The maximum Gasteiger partial charge on any atom is 0.275 e. The molecule has 1 amide bonds. The number of nitrogens with two attached hydrogens (primary N) is 1. The second-order valence-corrected chi connectivity index (χ2v) is 7.51. The highest BCUT2D eigenvalue weighted by atomic mass is 35.5. The molecule has 0 aliphatic heterocycles. The highest BCUT2D eigenvalue weighted by Crippen LogP contribution is 2.22. The van der Waals surface area contributed by atoms with Crippen LogP contribution in [0.5, 0.6) is 5.75 Å². The van der Waals surface area contributed by atoms with Gasteiger partial charge in [-0.15, -0.1) is 0 Å². The Balaban J connectivity index is 2.01. The van der Waals surface area contributed by atoms with E-state index in [0.29, 0.717) is 40.3 Å². The molecule has 1 aromatic heterocycles. The molecule has 1 aromatic carbocycles. The first-order valence-corrected chi connectivity index (χ1v) is 10.9. The minimum atomic E-state index is -0.369. The third kappa shape index (κ3) is 8.24. The largest absolute Gasteiger partial charge is 0.490 e. The van der Waals surface area contributed by atoms with Gasteiger partial charge in [0.05, 0.1) is 22.8 Å². The van der Waals surface area contributed by atoms with Crippen molar-refractivity contribution >= 4 is 34.8 Å². The normalized spacial score (nSPS) is 12.4. The van der Waals surface area contributed by atoms with Crippen LogP contribution in [-0.4, -0.2) is 29.8 Å². The summed E-state index contributed by atoms with van der Waals surface area (Å²) in [5, 5.41) is 7.03. The molecule has 0 fully saturated rings. The zero-order valence-electron chi connectivity index (χ0n) is 18.1. The van der Waals surface area contributed by atoms with Crippen LogP contribution < -0.4 is 21.1 Å². The lowest BCUT2D eigenvalue weighted by Gasteiger charge is -2.15. The third-order valence-electron chi connectivity index (χ3n) is 4.23. The summed E-state index contributed by atoms with van der Waals surface area (Å²) in [5.74, 6) is 0.832. The molecule has 7 nitrogen and oxygen atoms in total. The summed E-state index contributed by atoms with van der Waals surface area (Å²) in [6, 6.07) is 8.96. The molecule has 0 aliphatic carbocycles. The number of carbonyl (C=O) groups excluding carboxylic acids is 1. The molecule has 9 heteroatoms. The van der Waals surface area contributed by atoms with Crippen LogP contribution in [0.4, 0.5) is 0 Å². The van der Waals surface area contributed by atoms with E-state index in [9.17, 15) is 4.79 Å². The molecule has 0 radical (unpaired) electrons. The molecule has 1 heterocycles. The number of amides is 1. The Kier molecular flexibility index (Phi) is 10.6. The van der Waals surface area contributed by atoms with Crippen LogP contribution in [0.1, 0.15) is 25.8 Å². The summed E-state index contributed by atoms with van der Waals surface area (Å²) < 4.78 is 5.58. The minimum absolute atomic E-state index is 0.237. The van der Waals surface area contributed by atoms with Crippen molar-refractivity contribution in [2.75, 3.05) is 13.2 Å². The summed E-state index contributed by atoms with van der Waals surface area (Å²) >= 11 is 12.0. The lowest BCUT2D eigenvalue weighted by molar-refractivity contribution is -0.114. The highest BCUT2D eigenvalue weighted by molar-refractivity contribution is 6.45. The van der Waals surface area contributed by atoms with E-state index in [1.807, 2.05) is 19.1 Å². The number of ether oxygens (including phenoxy) is 1. The Bertz CT molecular complexity index is 991. The van der Waals surface area contributed by atoms with E-state index in [0.717, 1.165) is 12.0 Å². The van der Waals surface area contributed by atoms with E-state index in [1.165, 1.54) is 6.20 Å². The van der Waals surface area contributed by atoms with Gasteiger partial charge in [-0.05, 0) is 61.0 Å². The Morgan fingerprint density at radius 2 is 2.09 bits per heavy atom. The molecule has 32 heavy (non-hydrogen) atoms. The molecule has 0 bridgehead atoms. The van der Waals surface area contributed by atoms with Crippen molar-refractivity contribution in [2.24, 2.45) is 10.7 Å². The maximum absolute atomic E-state index is 12.9. The van der Waals surface area contributed by atoms with Crippen LogP contribution >= 0.6 is 23.2 Å². The van der Waals surface area contributed by atoms with Crippen molar-refractivity contribution in [1.29, 1.82) is 0 Å². The number of carbonyl (C=O) groups is 1. The number of aliphatic imine (C=N–C) groups is 1. The van der Waals surface area contributed by atoms with E-state index >= 15 is 0 Å². The van der Waals surface area contributed by atoms with E-state index in [4.69, 9.17) is 33.7 Å². The lowest BCUT2D eigenvalue weighted by atomic mass is 10.2. The molecule has 4 N–H and O–H groups in total. The summed E-state index contributed by atoms with van der Waals surface area (Å²) in [6.07, 6.45) is 7.23. The van der Waals surface area contributed by atoms with Crippen LogP contribution in [-0.2, 0) is 11.3 Å². The first-order chi connectivity index (χ1) is 15.4. The Morgan fingerprint density at radius 3 is 2.75 bits per heavy atom. The van der Waals surface area contributed by atoms with Gasteiger partial charge in [0.1, 0.15) is 23.9 Å². The van der Waals surface area contributed by atoms with E-state index in [1.54, 1.807) is 43.6 Å². The van der Waals surface area contributed by atoms with Gasteiger partial charge in [0.25, 0.3) is 5.91 Å². The maximum atomic E-state index is 12.9. The molecule has 0 saturated carbocycles. The number of rotatable bonds is 11. The standard InChI is InChI=1S/C23H27Cl2N5O2/c1-3-5-21(29-14-17-7-8-19(24)20(25)12-17)30-23(31)22(16(2)13-26)28-10-11-32-18-6-4-9-27-15-18/h4-9,12-13,15,29H,3,10-11,14,26H2,1-2H3,(H,30,31)/b16-13?,21-5+,28-22?. The SMILES string of the molecule is CC/C=C(\NCc1ccc(Cl)c(Cl)c1)NC(=O)C(=NCCOc1cccnc1)C(C)=CN. The van der Waals surface area contributed by atoms with E-state index in [-0.39, 0.29) is 18.2 Å². The second-order valence-electron chi connectivity index (χ2n) is 6.70. The second kappa shape index (κ2) is 13.4. The fraction of sp³-hybridized carbons (Fsp3) is 0.261. The number of pyridine rings is 1. The monoisotopic (exact) mass is 475 g/mol. The number of aromatic nitrogens is 1.